The topological polar surface area (TPSA) is 91.2 Å². The molecular formula is C17H25ClN8OS. The molecule has 2 aromatic heterocycles. The van der Waals surface area contributed by atoms with Crippen LogP contribution in [0.3, 0.4) is 0 Å². The van der Waals surface area contributed by atoms with Gasteiger partial charge in [-0.1, -0.05) is 35.8 Å². The van der Waals surface area contributed by atoms with Crippen LogP contribution >= 0.6 is 22.9 Å². The number of piperazine rings is 1. The summed E-state index contributed by atoms with van der Waals surface area (Å²) in [4.78, 5) is 16.6. The zero-order chi connectivity index (χ0) is 19.5. The first-order valence-electron chi connectivity index (χ1n) is 9.63. The third-order valence-electron chi connectivity index (χ3n) is 5.20. The summed E-state index contributed by atoms with van der Waals surface area (Å²) in [7, 11) is 1.88. The number of nitrogens with zero attached hydrogens (tertiary/aromatic N) is 6. The van der Waals surface area contributed by atoms with Gasteiger partial charge in [0, 0.05) is 52.0 Å². The van der Waals surface area contributed by atoms with Crippen LogP contribution < -0.4 is 15.5 Å². The Kier molecular flexibility index (Phi) is 5.98. The molecule has 0 spiro atoms. The van der Waals surface area contributed by atoms with Crippen LogP contribution in [0.1, 0.15) is 31.4 Å². The minimum atomic E-state index is -0.188. The molecule has 2 aromatic rings. The van der Waals surface area contributed by atoms with Crippen LogP contribution in [0.2, 0.25) is 5.02 Å². The summed E-state index contributed by atoms with van der Waals surface area (Å²) < 4.78 is 1.74. The summed E-state index contributed by atoms with van der Waals surface area (Å²) in [6, 6.07) is 0.0970. The van der Waals surface area contributed by atoms with Crippen LogP contribution in [0.25, 0.3) is 0 Å². The van der Waals surface area contributed by atoms with Gasteiger partial charge in [0.25, 0.3) is 0 Å². The molecule has 0 atom stereocenters. The van der Waals surface area contributed by atoms with Gasteiger partial charge in [-0.3, -0.25) is 14.9 Å². The van der Waals surface area contributed by atoms with E-state index in [2.05, 4.69) is 35.7 Å². The van der Waals surface area contributed by atoms with Crippen molar-refractivity contribution in [1.29, 1.82) is 0 Å². The number of aryl methyl sites for hydroxylation is 1. The highest BCUT2D eigenvalue weighted by molar-refractivity contribution is 7.19. The lowest BCUT2D eigenvalue weighted by atomic mass is 10.3. The summed E-state index contributed by atoms with van der Waals surface area (Å²) in [5.74, 6) is 0. The molecule has 0 unspecified atom stereocenters. The standard InChI is InChI=1S/C17H25ClN8OS/c1-24-10-13(18)14(23-24)11-25-6-8-26(9-7-25)17-22-21-16(28-17)20-15(27)19-12-4-2-3-5-12/h10,12H,2-9,11H2,1H3,(H2,19,20,21,27). The Bertz CT molecular complexity index is 810. The van der Waals surface area contributed by atoms with Gasteiger partial charge in [-0.25, -0.2) is 4.79 Å². The van der Waals surface area contributed by atoms with Crippen molar-refractivity contribution in [2.45, 2.75) is 38.3 Å². The second kappa shape index (κ2) is 8.62. The van der Waals surface area contributed by atoms with Crippen molar-refractivity contribution in [3.05, 3.63) is 16.9 Å². The highest BCUT2D eigenvalue weighted by atomic mass is 35.5. The van der Waals surface area contributed by atoms with E-state index in [0.29, 0.717) is 10.2 Å². The number of hydrogen-bond acceptors (Lipinski definition) is 7. The Morgan fingerprint density at radius 1 is 1.25 bits per heavy atom. The number of nitrogens with one attached hydrogen (secondary N) is 2. The van der Waals surface area contributed by atoms with E-state index in [4.69, 9.17) is 11.6 Å². The Hall–Kier alpha value is -1.91. The van der Waals surface area contributed by atoms with E-state index >= 15 is 0 Å². The largest absolute Gasteiger partial charge is 0.344 e. The van der Waals surface area contributed by atoms with Crippen molar-refractivity contribution in [2.24, 2.45) is 7.05 Å². The van der Waals surface area contributed by atoms with E-state index in [-0.39, 0.29) is 12.1 Å². The highest BCUT2D eigenvalue weighted by Gasteiger charge is 2.22. The predicted octanol–water partition coefficient (Wildman–Crippen LogP) is 2.31. The molecule has 1 saturated heterocycles. The second-order valence-corrected chi connectivity index (χ2v) is 8.69. The van der Waals surface area contributed by atoms with Gasteiger partial charge in [-0.2, -0.15) is 5.10 Å². The maximum absolute atomic E-state index is 12.1. The molecule has 28 heavy (non-hydrogen) atoms. The van der Waals surface area contributed by atoms with E-state index in [1.165, 1.54) is 24.2 Å². The SMILES string of the molecule is Cn1cc(Cl)c(CN2CCN(c3nnc(NC(=O)NC4CCCC4)s3)CC2)n1. The number of amides is 2. The fraction of sp³-hybridized carbons (Fsp3) is 0.647. The first-order valence-corrected chi connectivity index (χ1v) is 10.8. The van der Waals surface area contributed by atoms with Crippen molar-refractivity contribution >= 4 is 39.2 Å². The lowest BCUT2D eigenvalue weighted by Gasteiger charge is -2.33. The Morgan fingerprint density at radius 3 is 2.68 bits per heavy atom. The normalized spacial score (nSPS) is 18.6. The van der Waals surface area contributed by atoms with Gasteiger partial charge >= 0.3 is 6.03 Å². The van der Waals surface area contributed by atoms with Gasteiger partial charge in [-0.05, 0) is 12.8 Å². The number of hydrogen-bond donors (Lipinski definition) is 2. The van der Waals surface area contributed by atoms with E-state index < -0.39 is 0 Å². The van der Waals surface area contributed by atoms with Gasteiger partial charge in [-0.15, -0.1) is 10.2 Å². The molecule has 4 rings (SSSR count). The number of carbonyl (C=O) groups excluding carboxylic acids is 1. The summed E-state index contributed by atoms with van der Waals surface area (Å²) in [5.41, 5.74) is 0.910. The first-order chi connectivity index (χ1) is 13.6. The Labute approximate surface area is 173 Å². The number of aromatic nitrogens is 4. The molecule has 1 aliphatic heterocycles. The summed E-state index contributed by atoms with van der Waals surface area (Å²) in [6.45, 7) is 4.26. The minimum absolute atomic E-state index is 0.188. The average Bonchev–Trinajstić information content (AvgIpc) is 3.39. The van der Waals surface area contributed by atoms with Crippen molar-refractivity contribution in [3.8, 4) is 0 Å². The number of anilines is 2. The van der Waals surface area contributed by atoms with E-state index in [0.717, 1.165) is 56.4 Å². The van der Waals surface area contributed by atoms with Gasteiger partial charge in [0.05, 0.1) is 10.7 Å². The van der Waals surface area contributed by atoms with Gasteiger partial charge in [0.2, 0.25) is 10.3 Å². The monoisotopic (exact) mass is 424 g/mol. The number of halogens is 1. The van der Waals surface area contributed by atoms with Crippen molar-refractivity contribution in [1.82, 2.24) is 30.2 Å². The number of rotatable bonds is 5. The first kappa shape index (κ1) is 19.4. The molecule has 2 fully saturated rings. The van der Waals surface area contributed by atoms with Crippen LogP contribution in [0.5, 0.6) is 0 Å². The van der Waals surface area contributed by atoms with E-state index in [9.17, 15) is 4.79 Å². The molecule has 2 amide bonds. The fourth-order valence-electron chi connectivity index (χ4n) is 3.70. The highest BCUT2D eigenvalue weighted by Crippen LogP contribution is 2.26. The quantitative estimate of drug-likeness (QED) is 0.765. The average molecular weight is 425 g/mol. The van der Waals surface area contributed by atoms with Crippen LogP contribution in [-0.4, -0.2) is 63.1 Å². The summed E-state index contributed by atoms with van der Waals surface area (Å²) >= 11 is 7.62. The van der Waals surface area contributed by atoms with Gasteiger partial charge < -0.3 is 10.2 Å². The molecule has 152 valence electrons. The molecule has 11 heteroatoms. The van der Waals surface area contributed by atoms with Crippen LogP contribution in [-0.2, 0) is 13.6 Å². The van der Waals surface area contributed by atoms with Crippen molar-refractivity contribution in [2.75, 3.05) is 36.4 Å². The predicted molar refractivity (Wildman–Crippen MR) is 110 cm³/mol. The van der Waals surface area contributed by atoms with Gasteiger partial charge in [0.1, 0.15) is 0 Å². The molecule has 9 nitrogen and oxygen atoms in total. The maximum atomic E-state index is 12.1. The van der Waals surface area contributed by atoms with Crippen LogP contribution in [0.4, 0.5) is 15.1 Å². The van der Waals surface area contributed by atoms with Crippen molar-refractivity contribution < 1.29 is 4.79 Å². The fourth-order valence-corrected chi connectivity index (χ4v) is 4.73. The smallest absolute Gasteiger partial charge is 0.321 e. The Morgan fingerprint density at radius 2 is 2.00 bits per heavy atom. The molecule has 2 aliphatic rings. The van der Waals surface area contributed by atoms with E-state index in [1.54, 1.807) is 4.68 Å². The van der Waals surface area contributed by atoms with Crippen LogP contribution in [0.15, 0.2) is 6.20 Å². The lowest BCUT2D eigenvalue weighted by Crippen LogP contribution is -2.46. The molecule has 3 heterocycles. The molecular weight excluding hydrogens is 400 g/mol. The zero-order valence-electron chi connectivity index (χ0n) is 15.9. The molecule has 0 bridgehead atoms. The third kappa shape index (κ3) is 4.73. The third-order valence-corrected chi connectivity index (χ3v) is 6.41. The second-order valence-electron chi connectivity index (χ2n) is 7.33. The van der Waals surface area contributed by atoms with E-state index in [1.807, 2.05) is 13.2 Å². The molecule has 0 radical (unpaired) electrons. The number of urea groups is 1. The number of carbonyl (C=O) groups is 1. The molecule has 1 aliphatic carbocycles. The molecule has 1 saturated carbocycles. The van der Waals surface area contributed by atoms with Gasteiger partial charge in [0.15, 0.2) is 0 Å². The molecule has 2 N–H and O–H groups in total. The minimum Gasteiger partial charge on any atom is -0.344 e. The lowest BCUT2D eigenvalue weighted by molar-refractivity contribution is 0.246. The van der Waals surface area contributed by atoms with Crippen LogP contribution in [0, 0.1) is 0 Å². The molecule has 0 aromatic carbocycles. The zero-order valence-corrected chi connectivity index (χ0v) is 17.5. The summed E-state index contributed by atoms with van der Waals surface area (Å²) in [5, 5.41) is 20.7. The summed E-state index contributed by atoms with van der Waals surface area (Å²) in [6.07, 6.45) is 6.32. The Balaban J connectivity index is 1.25. The maximum Gasteiger partial charge on any atom is 0.321 e. The van der Waals surface area contributed by atoms with Crippen molar-refractivity contribution in [3.63, 3.8) is 0 Å².